The summed E-state index contributed by atoms with van der Waals surface area (Å²) in [5.41, 5.74) is 1.96. The van der Waals surface area contributed by atoms with Crippen molar-refractivity contribution in [3.63, 3.8) is 0 Å². The van der Waals surface area contributed by atoms with Gasteiger partial charge in [0, 0.05) is 26.9 Å². The monoisotopic (exact) mass is 697 g/mol. The van der Waals surface area contributed by atoms with Gasteiger partial charge in [0.2, 0.25) is 5.91 Å². The van der Waals surface area contributed by atoms with Crippen LogP contribution in [-0.2, 0) is 0 Å². The molecule has 1 aromatic carbocycles. The molecule has 0 spiro atoms. The van der Waals surface area contributed by atoms with E-state index in [9.17, 15) is 9.59 Å². The van der Waals surface area contributed by atoms with Crippen LogP contribution >= 0.6 is 23.2 Å². The van der Waals surface area contributed by atoms with Gasteiger partial charge < -0.3 is 27.9 Å². The maximum absolute atomic E-state index is 13.1. The summed E-state index contributed by atoms with van der Waals surface area (Å²) in [7, 11) is 3.35. The Morgan fingerprint density at radius 2 is 2.03 bits per heavy atom. The van der Waals surface area contributed by atoms with E-state index in [0.29, 0.717) is 40.5 Å². The third kappa shape index (κ3) is 6.35. The fourth-order valence-corrected chi connectivity index (χ4v) is 3.68. The van der Waals surface area contributed by atoms with Gasteiger partial charge in [0.15, 0.2) is 0 Å². The van der Waals surface area contributed by atoms with E-state index >= 15 is 0 Å². The van der Waals surface area contributed by atoms with Gasteiger partial charge in [-0.2, -0.15) is 0 Å². The van der Waals surface area contributed by atoms with Crippen LogP contribution in [0, 0.1) is 44.7 Å². The van der Waals surface area contributed by atoms with Crippen molar-refractivity contribution in [2.24, 2.45) is 4.99 Å². The number of hydrogen-bond acceptors (Lipinski definition) is 5. The molecule has 32 heavy (non-hydrogen) atoms. The SMILES string of the molecule is CN=CC1=C(NC)C(NC(=O)c2ccccc2Cl)CCN1C(=O)c1cn[c-]c(Cl)c1.[CH3-].[U+2]. The maximum Gasteiger partial charge on any atom is 2.00 e. The predicted molar refractivity (Wildman–Crippen MR) is 123 cm³/mol. The van der Waals surface area contributed by atoms with E-state index in [1.807, 2.05) is 0 Å². The summed E-state index contributed by atoms with van der Waals surface area (Å²) in [4.78, 5) is 35.4. The van der Waals surface area contributed by atoms with Crippen molar-refractivity contribution in [2.45, 2.75) is 12.5 Å². The molecule has 0 radical (unpaired) electrons. The van der Waals surface area contributed by atoms with Crippen LogP contribution in [-0.4, -0.2) is 54.6 Å². The van der Waals surface area contributed by atoms with Crippen LogP contribution in [0.5, 0.6) is 0 Å². The number of likely N-dealkylation sites (N-methyl/N-ethyl adjacent to an activating group) is 1. The largest absolute Gasteiger partial charge is 2.00 e. The van der Waals surface area contributed by atoms with E-state index in [2.05, 4.69) is 26.8 Å². The molecule has 0 fully saturated rings. The number of nitrogens with zero attached hydrogens (tertiary/aromatic N) is 3. The molecule has 0 bridgehead atoms. The molecule has 0 saturated carbocycles. The summed E-state index contributed by atoms with van der Waals surface area (Å²) in [5.74, 6) is -0.558. The molecule has 2 aromatic rings. The molecule has 1 unspecified atom stereocenters. The maximum atomic E-state index is 13.1. The number of halogens is 2. The van der Waals surface area contributed by atoms with E-state index in [-0.39, 0.29) is 61.4 Å². The Morgan fingerprint density at radius 1 is 1.31 bits per heavy atom. The minimum absolute atomic E-state index is 0. The van der Waals surface area contributed by atoms with Gasteiger partial charge in [0.1, 0.15) is 0 Å². The molecular weight excluding hydrogens is 675 g/mol. The Kier molecular flexibility index (Phi) is 11.5. The fraction of sp³-hybridized carbons (Fsp3) is 0.227. The summed E-state index contributed by atoms with van der Waals surface area (Å²) >= 11 is 12.1. The molecule has 2 amide bonds. The molecule has 1 aliphatic rings. The molecule has 7 nitrogen and oxygen atoms in total. The minimum Gasteiger partial charge on any atom is -0.392 e. The van der Waals surface area contributed by atoms with E-state index in [0.717, 1.165) is 0 Å². The molecule has 1 aromatic heterocycles. The van der Waals surface area contributed by atoms with Crippen molar-refractivity contribution in [3.05, 3.63) is 82.7 Å². The standard InChI is InChI=1S/C21H20Cl2N5O2.CH3.U/c1-24-12-18-19(25-2)17(27-20(29)15-5-3-4-6-16(15)23)7-8-28(18)21(30)13-9-14(22)11-26-10-13;;/h3-6,9-10,12,17,25H,7-8H2,1-2H3,(H,27,29);1H3;/q2*-1;+2. The van der Waals surface area contributed by atoms with Crippen molar-refractivity contribution in [1.29, 1.82) is 0 Å². The van der Waals surface area contributed by atoms with Gasteiger partial charge in [0.05, 0.1) is 28.0 Å². The summed E-state index contributed by atoms with van der Waals surface area (Å²) < 4.78 is 0. The molecule has 166 valence electrons. The third-order valence-electron chi connectivity index (χ3n) is 4.65. The molecule has 1 atom stereocenters. The van der Waals surface area contributed by atoms with Gasteiger partial charge in [-0.25, -0.2) is 0 Å². The Hall–Kier alpha value is -1.85. The van der Waals surface area contributed by atoms with Crippen molar-refractivity contribution >= 4 is 41.2 Å². The summed E-state index contributed by atoms with van der Waals surface area (Å²) in [6.45, 7) is 0.370. The number of carbonyl (C=O) groups is 2. The Labute approximate surface area is 222 Å². The minimum atomic E-state index is -0.346. The van der Waals surface area contributed by atoms with Gasteiger partial charge in [-0.1, -0.05) is 46.7 Å². The van der Waals surface area contributed by atoms with Crippen molar-refractivity contribution in [2.75, 3.05) is 20.6 Å². The number of pyridine rings is 1. The van der Waals surface area contributed by atoms with Crippen LogP contribution in [0.15, 0.2) is 52.9 Å². The molecule has 0 aliphatic carbocycles. The van der Waals surface area contributed by atoms with E-state index < -0.39 is 0 Å². The van der Waals surface area contributed by atoms with Gasteiger partial charge in [-0.3, -0.25) is 14.6 Å². The quantitative estimate of drug-likeness (QED) is 0.371. The predicted octanol–water partition coefficient (Wildman–Crippen LogP) is 3.41. The van der Waals surface area contributed by atoms with E-state index in [1.165, 1.54) is 12.3 Å². The second-order valence-corrected chi connectivity index (χ2v) is 7.32. The number of aliphatic imine (C=N–C) groups is 1. The smallest absolute Gasteiger partial charge is 0.392 e. The first-order chi connectivity index (χ1) is 14.5. The van der Waals surface area contributed by atoms with Crippen LogP contribution < -0.4 is 10.6 Å². The Bertz CT molecular complexity index is 1030. The van der Waals surface area contributed by atoms with Crippen LogP contribution in [0.3, 0.4) is 0 Å². The van der Waals surface area contributed by atoms with Crippen molar-refractivity contribution in [1.82, 2.24) is 20.5 Å². The third-order valence-corrected chi connectivity index (χ3v) is 5.17. The van der Waals surface area contributed by atoms with Crippen LogP contribution in [0.1, 0.15) is 27.1 Å². The number of rotatable bonds is 5. The first-order valence-electron chi connectivity index (χ1n) is 9.20. The number of aromatic nitrogens is 1. The first-order valence-corrected chi connectivity index (χ1v) is 9.96. The van der Waals surface area contributed by atoms with E-state index in [4.69, 9.17) is 23.2 Å². The summed E-state index contributed by atoms with van der Waals surface area (Å²) in [5, 5.41) is 6.73. The zero-order valence-corrected chi connectivity index (χ0v) is 23.6. The normalized spacial score (nSPS) is 15.6. The average molecular weight is 698 g/mol. The molecule has 2 N–H and O–H groups in total. The van der Waals surface area contributed by atoms with Gasteiger partial charge in [-0.15, -0.1) is 17.7 Å². The second-order valence-electron chi connectivity index (χ2n) is 6.51. The molecule has 10 heteroatoms. The number of allylic oxidation sites excluding steroid dienone is 1. The number of benzene rings is 1. The summed E-state index contributed by atoms with van der Waals surface area (Å²) in [6.07, 6.45) is 6.07. The zero-order chi connectivity index (χ0) is 21.7. The molecule has 2 heterocycles. The molecular formula is C22H23Cl2N5O2U. The first kappa shape index (κ1) is 28.2. The number of amides is 2. The zero-order valence-electron chi connectivity index (χ0n) is 17.9. The van der Waals surface area contributed by atoms with Gasteiger partial charge in [0.25, 0.3) is 5.91 Å². The fourth-order valence-electron chi connectivity index (χ4n) is 3.29. The Morgan fingerprint density at radius 3 is 2.66 bits per heavy atom. The van der Waals surface area contributed by atoms with Crippen molar-refractivity contribution in [3.8, 4) is 0 Å². The number of nitrogens with one attached hydrogen (secondary N) is 2. The second kappa shape index (κ2) is 13.0. The van der Waals surface area contributed by atoms with Crippen LogP contribution in [0.2, 0.25) is 10.0 Å². The van der Waals surface area contributed by atoms with Gasteiger partial charge in [-0.05, 0) is 18.6 Å². The number of carbonyl (C=O) groups excluding carboxylic acids is 2. The average Bonchev–Trinajstić information content (AvgIpc) is 2.74. The molecule has 0 saturated heterocycles. The van der Waals surface area contributed by atoms with Crippen LogP contribution in [0.25, 0.3) is 0 Å². The number of hydrogen-bond donors (Lipinski definition) is 2. The molecule has 1 aliphatic heterocycles. The summed E-state index contributed by atoms with van der Waals surface area (Å²) in [6, 6.07) is 8.02. The van der Waals surface area contributed by atoms with Gasteiger partial charge >= 0.3 is 31.1 Å². The van der Waals surface area contributed by atoms with E-state index in [1.54, 1.807) is 49.5 Å². The topological polar surface area (TPSA) is 86.7 Å². The van der Waals surface area contributed by atoms with Crippen molar-refractivity contribution < 1.29 is 40.7 Å². The molecule has 3 rings (SSSR count). The van der Waals surface area contributed by atoms with Crippen LogP contribution in [0.4, 0.5) is 0 Å². The Balaban J connectivity index is 0.00000256.